The standard InChI is InChI=1S/C15H14F4N4O3/c1-8-5-10(22-21-8)7-23(2)13(24)20-9-3-4-12-11(6-9)14(16,17)26-15(18,19)25-12/h3-6H,7H2,1-2H3,(H,20,24)(H,21,22). The molecule has 0 radical (unpaired) electrons. The number of aromatic amines is 1. The van der Waals surface area contributed by atoms with Crippen molar-refractivity contribution in [3.8, 4) is 5.75 Å². The molecule has 1 aliphatic rings. The summed E-state index contributed by atoms with van der Waals surface area (Å²) >= 11 is 0. The van der Waals surface area contributed by atoms with Gasteiger partial charge in [-0.1, -0.05) is 0 Å². The molecule has 0 aliphatic carbocycles. The lowest BCUT2D eigenvalue weighted by atomic mass is 10.1. The van der Waals surface area contributed by atoms with Gasteiger partial charge >= 0.3 is 18.4 Å². The van der Waals surface area contributed by atoms with Crippen LogP contribution in [0.25, 0.3) is 0 Å². The molecule has 2 heterocycles. The molecule has 2 N–H and O–H groups in total. The fraction of sp³-hybridized carbons (Fsp3) is 0.333. The smallest absolute Gasteiger partial charge is 0.409 e. The molecule has 1 aromatic carbocycles. The molecule has 0 unspecified atom stereocenters. The average Bonchev–Trinajstić information content (AvgIpc) is 2.91. The molecule has 7 nitrogen and oxygen atoms in total. The monoisotopic (exact) mass is 374 g/mol. The van der Waals surface area contributed by atoms with Crippen molar-refractivity contribution in [2.45, 2.75) is 25.9 Å². The first-order valence-corrected chi connectivity index (χ1v) is 7.38. The Hall–Kier alpha value is -2.82. The van der Waals surface area contributed by atoms with E-state index in [2.05, 4.69) is 25.0 Å². The SMILES string of the molecule is Cc1cc(CN(C)C(=O)Nc2ccc3c(c2)C(F)(F)OC(F)(F)O3)n[nH]1. The first-order chi connectivity index (χ1) is 12.1. The molecule has 0 fully saturated rings. The van der Waals surface area contributed by atoms with Crippen molar-refractivity contribution in [3.05, 3.63) is 41.2 Å². The molecule has 26 heavy (non-hydrogen) atoms. The Bertz CT molecular complexity index is 840. The summed E-state index contributed by atoms with van der Waals surface area (Å²) in [7, 11) is 1.49. The summed E-state index contributed by atoms with van der Waals surface area (Å²) in [6.45, 7) is 1.98. The normalized spacial score (nSPS) is 17.2. The Morgan fingerprint density at radius 1 is 1.31 bits per heavy atom. The molecule has 0 saturated heterocycles. The number of nitrogens with zero attached hydrogens (tertiary/aromatic N) is 2. The zero-order chi connectivity index (χ0) is 19.1. The number of carbonyl (C=O) groups is 1. The van der Waals surface area contributed by atoms with Crippen LogP contribution in [0.5, 0.6) is 5.75 Å². The lowest BCUT2D eigenvalue weighted by Crippen LogP contribution is -2.41. The maximum atomic E-state index is 13.7. The lowest BCUT2D eigenvalue weighted by Gasteiger charge is -2.30. The van der Waals surface area contributed by atoms with Gasteiger partial charge in [0.15, 0.2) is 0 Å². The molecular weight excluding hydrogens is 360 g/mol. The maximum Gasteiger partial charge on any atom is 0.540 e. The van der Waals surface area contributed by atoms with Crippen LogP contribution >= 0.6 is 0 Å². The number of benzene rings is 1. The van der Waals surface area contributed by atoms with E-state index in [1.54, 1.807) is 13.0 Å². The Morgan fingerprint density at radius 2 is 2.04 bits per heavy atom. The summed E-state index contributed by atoms with van der Waals surface area (Å²) < 4.78 is 60.9. The van der Waals surface area contributed by atoms with Crippen LogP contribution in [0.2, 0.25) is 0 Å². The van der Waals surface area contributed by atoms with Gasteiger partial charge in [-0.3, -0.25) is 5.10 Å². The minimum atomic E-state index is -4.44. The fourth-order valence-corrected chi connectivity index (χ4v) is 2.37. The molecule has 1 aliphatic heterocycles. The Balaban J connectivity index is 1.74. The summed E-state index contributed by atoms with van der Waals surface area (Å²) in [4.78, 5) is 13.4. The topological polar surface area (TPSA) is 79.5 Å². The van der Waals surface area contributed by atoms with E-state index in [1.807, 2.05) is 0 Å². The second-order valence-corrected chi connectivity index (χ2v) is 5.72. The molecule has 11 heteroatoms. The van der Waals surface area contributed by atoms with E-state index in [9.17, 15) is 22.4 Å². The van der Waals surface area contributed by atoms with E-state index in [0.29, 0.717) is 5.69 Å². The first kappa shape index (κ1) is 18.0. The van der Waals surface area contributed by atoms with Crippen molar-refractivity contribution >= 4 is 11.7 Å². The van der Waals surface area contributed by atoms with E-state index in [0.717, 1.165) is 17.8 Å². The van der Waals surface area contributed by atoms with Gasteiger partial charge in [-0.15, -0.1) is 8.78 Å². The van der Waals surface area contributed by atoms with Crippen LogP contribution in [0.1, 0.15) is 17.0 Å². The number of halogens is 4. The van der Waals surface area contributed by atoms with Crippen LogP contribution in [-0.2, 0) is 17.4 Å². The van der Waals surface area contributed by atoms with Gasteiger partial charge in [0, 0.05) is 18.4 Å². The summed E-state index contributed by atoms with van der Waals surface area (Å²) in [5, 5.41) is 9.11. The summed E-state index contributed by atoms with van der Waals surface area (Å²) in [5.41, 5.74) is 0.492. The van der Waals surface area contributed by atoms with Gasteiger partial charge in [0.05, 0.1) is 17.8 Å². The summed E-state index contributed by atoms with van der Waals surface area (Å²) in [6, 6.07) is 4.04. The highest BCUT2D eigenvalue weighted by Crippen LogP contribution is 2.46. The van der Waals surface area contributed by atoms with Gasteiger partial charge in [-0.05, 0) is 31.2 Å². The van der Waals surface area contributed by atoms with Gasteiger partial charge in [0.1, 0.15) is 5.75 Å². The number of anilines is 1. The molecule has 2 amide bonds. The second kappa shape index (κ2) is 6.16. The number of H-pyrrole nitrogens is 1. The van der Waals surface area contributed by atoms with Gasteiger partial charge < -0.3 is 15.0 Å². The highest BCUT2D eigenvalue weighted by molar-refractivity contribution is 5.89. The highest BCUT2D eigenvalue weighted by Gasteiger charge is 2.54. The number of hydrogen-bond acceptors (Lipinski definition) is 4. The highest BCUT2D eigenvalue weighted by atomic mass is 19.3. The number of carbonyl (C=O) groups excluding carboxylic acids is 1. The first-order valence-electron chi connectivity index (χ1n) is 7.38. The minimum Gasteiger partial charge on any atom is -0.409 e. The molecule has 0 spiro atoms. The predicted molar refractivity (Wildman–Crippen MR) is 80.8 cm³/mol. The average molecular weight is 374 g/mol. The maximum absolute atomic E-state index is 13.7. The van der Waals surface area contributed by atoms with E-state index in [1.165, 1.54) is 18.0 Å². The Labute approximate surface area is 144 Å². The van der Waals surface area contributed by atoms with Gasteiger partial charge in [-0.25, -0.2) is 9.53 Å². The molecule has 1 aromatic heterocycles. The number of urea groups is 1. The summed E-state index contributed by atoms with van der Waals surface area (Å²) in [6.07, 6.45) is -8.71. The van der Waals surface area contributed by atoms with Crippen LogP contribution in [0.3, 0.4) is 0 Å². The van der Waals surface area contributed by atoms with Crippen molar-refractivity contribution in [1.82, 2.24) is 15.1 Å². The van der Waals surface area contributed by atoms with Crippen LogP contribution in [0.4, 0.5) is 28.0 Å². The lowest BCUT2D eigenvalue weighted by molar-refractivity contribution is -0.461. The van der Waals surface area contributed by atoms with Crippen molar-refractivity contribution in [2.75, 3.05) is 12.4 Å². The third-order valence-corrected chi connectivity index (χ3v) is 3.53. The number of amides is 2. The third kappa shape index (κ3) is 3.72. The van der Waals surface area contributed by atoms with E-state index in [4.69, 9.17) is 0 Å². The summed E-state index contributed by atoms with van der Waals surface area (Å²) in [5.74, 6) is -0.732. The van der Waals surface area contributed by atoms with Gasteiger partial charge in [0.2, 0.25) is 0 Å². The molecule has 0 atom stereocenters. The number of nitrogens with one attached hydrogen (secondary N) is 2. The number of aromatic nitrogens is 2. The number of aryl methyl sites for hydroxylation is 1. The Kier molecular flexibility index (Phi) is 4.26. The molecule has 0 saturated carbocycles. The van der Waals surface area contributed by atoms with E-state index < -0.39 is 29.7 Å². The number of rotatable bonds is 3. The van der Waals surface area contributed by atoms with Crippen molar-refractivity contribution in [2.24, 2.45) is 0 Å². The fourth-order valence-electron chi connectivity index (χ4n) is 2.37. The number of hydrogen-bond donors (Lipinski definition) is 2. The second-order valence-electron chi connectivity index (χ2n) is 5.72. The molecule has 2 aromatic rings. The van der Waals surface area contributed by atoms with Crippen molar-refractivity contribution in [3.63, 3.8) is 0 Å². The zero-order valence-electron chi connectivity index (χ0n) is 13.6. The zero-order valence-corrected chi connectivity index (χ0v) is 13.6. The van der Waals surface area contributed by atoms with Crippen LogP contribution in [-0.4, -0.2) is 34.5 Å². The molecule has 140 valence electrons. The van der Waals surface area contributed by atoms with Crippen LogP contribution in [0.15, 0.2) is 24.3 Å². The van der Waals surface area contributed by atoms with Gasteiger partial charge in [-0.2, -0.15) is 13.9 Å². The number of fused-ring (bicyclic) bond motifs is 1. The predicted octanol–water partition coefficient (Wildman–Crippen LogP) is 3.39. The van der Waals surface area contributed by atoms with Crippen LogP contribution in [0, 0.1) is 6.92 Å². The van der Waals surface area contributed by atoms with Crippen LogP contribution < -0.4 is 10.1 Å². The minimum absolute atomic E-state index is 0.0316. The molecule has 0 bridgehead atoms. The third-order valence-electron chi connectivity index (χ3n) is 3.53. The van der Waals surface area contributed by atoms with E-state index >= 15 is 0 Å². The van der Waals surface area contributed by atoms with Gasteiger partial charge in [0.25, 0.3) is 0 Å². The van der Waals surface area contributed by atoms with Crippen molar-refractivity contribution in [1.29, 1.82) is 0 Å². The van der Waals surface area contributed by atoms with E-state index in [-0.39, 0.29) is 12.2 Å². The van der Waals surface area contributed by atoms with Crippen molar-refractivity contribution < 1.29 is 31.8 Å². The Morgan fingerprint density at radius 3 is 2.69 bits per heavy atom. The quantitative estimate of drug-likeness (QED) is 0.808. The number of alkyl halides is 4. The molecular formula is C15H14F4N4O3. The molecule has 3 rings (SSSR count). The number of ether oxygens (including phenoxy) is 2. The largest absolute Gasteiger partial charge is 0.540 e.